The number of esters is 1. The maximum atomic E-state index is 12.5. The molecule has 0 aliphatic heterocycles. The Morgan fingerprint density at radius 1 is 0.943 bits per heavy atom. The molecule has 178 valence electrons. The first-order chi connectivity index (χ1) is 17.0. The summed E-state index contributed by atoms with van der Waals surface area (Å²) < 4.78 is 10.00. The van der Waals surface area contributed by atoms with Crippen molar-refractivity contribution < 1.29 is 23.9 Å². The fraction of sp³-hybridized carbons (Fsp3) is 0.154. The Bertz CT molecular complexity index is 1420. The molecule has 0 unspecified atom stereocenters. The van der Waals surface area contributed by atoms with Gasteiger partial charge in [-0.1, -0.05) is 42.5 Å². The number of anilines is 2. The zero-order valence-corrected chi connectivity index (χ0v) is 19.3. The van der Waals surface area contributed by atoms with Gasteiger partial charge < -0.3 is 20.1 Å². The van der Waals surface area contributed by atoms with Crippen LogP contribution in [0.3, 0.4) is 0 Å². The molecular weight excluding hydrogens is 448 g/mol. The molecule has 2 amide bonds. The van der Waals surface area contributed by atoms with Crippen LogP contribution in [0.15, 0.2) is 66.7 Å². The van der Waals surface area contributed by atoms with Crippen LogP contribution in [0, 0.1) is 0 Å². The molecule has 1 heterocycles. The van der Waals surface area contributed by atoms with E-state index in [0.717, 1.165) is 10.8 Å². The summed E-state index contributed by atoms with van der Waals surface area (Å²) in [6.07, 6.45) is -0.584. The first-order valence-corrected chi connectivity index (χ1v) is 10.9. The quantitative estimate of drug-likeness (QED) is 0.274. The van der Waals surface area contributed by atoms with Crippen LogP contribution in [0.5, 0.6) is 0 Å². The number of pyridine rings is 1. The average Bonchev–Trinajstić information content (AvgIpc) is 2.89. The summed E-state index contributed by atoms with van der Waals surface area (Å²) in [6, 6.07) is 19.8. The van der Waals surface area contributed by atoms with E-state index in [-0.39, 0.29) is 19.1 Å². The number of carbonyl (C=O) groups excluding carboxylic acids is 3. The van der Waals surface area contributed by atoms with E-state index >= 15 is 0 Å². The summed E-state index contributed by atoms with van der Waals surface area (Å²) in [5, 5.41) is 9.93. The molecule has 0 aliphatic rings. The third-order valence-electron chi connectivity index (χ3n) is 5.35. The molecule has 3 aromatic carbocycles. The van der Waals surface area contributed by atoms with E-state index in [1.54, 1.807) is 43.4 Å². The van der Waals surface area contributed by atoms with Gasteiger partial charge in [-0.2, -0.15) is 0 Å². The van der Waals surface area contributed by atoms with Gasteiger partial charge in [0, 0.05) is 23.5 Å². The summed E-state index contributed by atoms with van der Waals surface area (Å²) in [5.74, 6) is -0.708. The molecule has 1 aromatic heterocycles. The number of nitrogens with one attached hydrogen (secondary N) is 3. The standard InChI is InChI=1S/C26H24N4O5/c1-27-25(32)20-11-6-10-19-23(18-9-3-4-12-21(18)30-24(19)20)28-14-22(31)35-15-16-7-5-8-17(13-16)29-26(33)34-2/h3-13H,14-15H2,1-2H3,(H,27,32)(H,28,30)(H,29,33). The van der Waals surface area contributed by atoms with E-state index in [2.05, 4.69) is 25.7 Å². The maximum absolute atomic E-state index is 12.5. The number of benzene rings is 3. The van der Waals surface area contributed by atoms with Gasteiger partial charge in [-0.25, -0.2) is 9.78 Å². The highest BCUT2D eigenvalue weighted by molar-refractivity contribution is 6.14. The van der Waals surface area contributed by atoms with Gasteiger partial charge in [0.2, 0.25) is 0 Å². The van der Waals surface area contributed by atoms with Crippen LogP contribution in [0.4, 0.5) is 16.2 Å². The van der Waals surface area contributed by atoms with Gasteiger partial charge in [0.1, 0.15) is 13.2 Å². The van der Waals surface area contributed by atoms with Crippen molar-refractivity contribution in [1.82, 2.24) is 10.3 Å². The van der Waals surface area contributed by atoms with E-state index in [1.807, 2.05) is 30.3 Å². The predicted molar refractivity (Wildman–Crippen MR) is 133 cm³/mol. The average molecular weight is 473 g/mol. The Morgan fingerprint density at radius 3 is 2.51 bits per heavy atom. The van der Waals surface area contributed by atoms with Crippen LogP contribution in [0.2, 0.25) is 0 Å². The number of para-hydroxylation sites is 2. The number of hydrogen-bond acceptors (Lipinski definition) is 7. The van der Waals surface area contributed by atoms with E-state index in [9.17, 15) is 14.4 Å². The SMILES string of the molecule is CNC(=O)c1cccc2c(NCC(=O)OCc3cccc(NC(=O)OC)c3)c3ccccc3nc12. The first kappa shape index (κ1) is 23.5. The minimum absolute atomic E-state index is 0.0376. The van der Waals surface area contributed by atoms with Crippen molar-refractivity contribution in [2.24, 2.45) is 0 Å². The van der Waals surface area contributed by atoms with Gasteiger partial charge in [0.05, 0.1) is 29.4 Å². The van der Waals surface area contributed by atoms with Crippen molar-refractivity contribution in [2.75, 3.05) is 31.3 Å². The smallest absolute Gasteiger partial charge is 0.411 e. The summed E-state index contributed by atoms with van der Waals surface area (Å²) in [5.41, 5.74) is 3.62. The first-order valence-electron chi connectivity index (χ1n) is 10.9. The second kappa shape index (κ2) is 10.5. The zero-order chi connectivity index (χ0) is 24.8. The normalized spacial score (nSPS) is 10.6. The monoisotopic (exact) mass is 472 g/mol. The number of aromatic nitrogens is 1. The van der Waals surface area contributed by atoms with Gasteiger partial charge in [-0.15, -0.1) is 0 Å². The largest absolute Gasteiger partial charge is 0.460 e. The molecule has 0 atom stereocenters. The van der Waals surface area contributed by atoms with Crippen LogP contribution >= 0.6 is 0 Å². The fourth-order valence-electron chi connectivity index (χ4n) is 3.71. The molecule has 9 nitrogen and oxygen atoms in total. The van der Waals surface area contributed by atoms with Crippen molar-refractivity contribution in [3.05, 3.63) is 77.9 Å². The lowest BCUT2D eigenvalue weighted by atomic mass is 10.0. The Balaban J connectivity index is 1.53. The van der Waals surface area contributed by atoms with Crippen LogP contribution in [-0.2, 0) is 20.9 Å². The number of hydrogen-bond donors (Lipinski definition) is 3. The molecule has 0 aliphatic carbocycles. The second-order valence-corrected chi connectivity index (χ2v) is 7.62. The number of fused-ring (bicyclic) bond motifs is 2. The highest BCUT2D eigenvalue weighted by atomic mass is 16.5. The van der Waals surface area contributed by atoms with E-state index < -0.39 is 12.1 Å². The van der Waals surface area contributed by atoms with E-state index in [0.29, 0.717) is 33.5 Å². The van der Waals surface area contributed by atoms with Crippen molar-refractivity contribution >= 4 is 51.2 Å². The van der Waals surface area contributed by atoms with Crippen LogP contribution in [-0.4, -0.2) is 43.7 Å². The summed E-state index contributed by atoms with van der Waals surface area (Å²) in [7, 11) is 2.85. The third kappa shape index (κ3) is 5.30. The highest BCUT2D eigenvalue weighted by Crippen LogP contribution is 2.32. The molecule has 35 heavy (non-hydrogen) atoms. The maximum Gasteiger partial charge on any atom is 0.411 e. The summed E-state index contributed by atoms with van der Waals surface area (Å²) in [6.45, 7) is -0.0523. The molecule has 4 aromatic rings. The molecule has 0 saturated carbocycles. The number of rotatable bonds is 7. The number of methoxy groups -OCH3 is 1. The van der Waals surface area contributed by atoms with Crippen molar-refractivity contribution in [2.45, 2.75) is 6.61 Å². The minimum atomic E-state index is -0.584. The van der Waals surface area contributed by atoms with Crippen LogP contribution in [0.25, 0.3) is 21.8 Å². The van der Waals surface area contributed by atoms with Gasteiger partial charge in [-0.05, 0) is 29.8 Å². The second-order valence-electron chi connectivity index (χ2n) is 7.62. The Labute approximate surface area is 201 Å². The zero-order valence-electron chi connectivity index (χ0n) is 19.3. The molecule has 0 bridgehead atoms. The molecule has 3 N–H and O–H groups in total. The van der Waals surface area contributed by atoms with Gasteiger partial charge in [0.25, 0.3) is 5.91 Å². The molecule has 9 heteroatoms. The van der Waals surface area contributed by atoms with Crippen molar-refractivity contribution in [3.8, 4) is 0 Å². The molecule has 0 fully saturated rings. The van der Waals surface area contributed by atoms with E-state index in [4.69, 9.17) is 4.74 Å². The topological polar surface area (TPSA) is 119 Å². The Morgan fingerprint density at radius 2 is 1.71 bits per heavy atom. The van der Waals surface area contributed by atoms with Gasteiger partial charge >= 0.3 is 12.1 Å². The Hall–Kier alpha value is -4.66. The molecule has 0 saturated heterocycles. The summed E-state index contributed by atoms with van der Waals surface area (Å²) in [4.78, 5) is 41.0. The molecule has 0 spiro atoms. The van der Waals surface area contributed by atoms with E-state index in [1.165, 1.54) is 7.11 Å². The van der Waals surface area contributed by atoms with Crippen LogP contribution < -0.4 is 16.0 Å². The summed E-state index contributed by atoms with van der Waals surface area (Å²) >= 11 is 0. The number of amides is 2. The molecule has 4 rings (SSSR count). The number of nitrogens with zero attached hydrogens (tertiary/aromatic N) is 1. The Kier molecular flexibility index (Phi) is 7.06. The van der Waals surface area contributed by atoms with Crippen LogP contribution in [0.1, 0.15) is 15.9 Å². The minimum Gasteiger partial charge on any atom is -0.460 e. The molecule has 0 radical (unpaired) electrons. The lowest BCUT2D eigenvalue weighted by Gasteiger charge is -2.14. The number of ether oxygens (including phenoxy) is 2. The van der Waals surface area contributed by atoms with Crippen molar-refractivity contribution in [3.63, 3.8) is 0 Å². The lowest BCUT2D eigenvalue weighted by Crippen LogP contribution is -2.19. The van der Waals surface area contributed by atoms with Gasteiger partial charge in [-0.3, -0.25) is 14.9 Å². The molecular formula is C26H24N4O5. The lowest BCUT2D eigenvalue weighted by molar-refractivity contribution is -0.142. The highest BCUT2D eigenvalue weighted by Gasteiger charge is 2.16. The fourth-order valence-corrected chi connectivity index (χ4v) is 3.71. The van der Waals surface area contributed by atoms with Crippen molar-refractivity contribution in [1.29, 1.82) is 0 Å². The number of carbonyl (C=O) groups is 3. The third-order valence-corrected chi connectivity index (χ3v) is 5.35. The van der Waals surface area contributed by atoms with Gasteiger partial charge in [0.15, 0.2) is 0 Å². The predicted octanol–water partition coefficient (Wildman–Crippen LogP) is 4.08.